The van der Waals surface area contributed by atoms with Crippen LogP contribution in [0.5, 0.6) is 0 Å². The predicted octanol–water partition coefficient (Wildman–Crippen LogP) is 2.78. The SMILES string of the molecule is CCNCc1ccc(NC(=O)C2CC2(C)C)cc1. The monoisotopic (exact) mass is 246 g/mol. The van der Waals surface area contributed by atoms with Crippen LogP contribution < -0.4 is 10.6 Å². The molecule has 1 fully saturated rings. The molecule has 0 aromatic heterocycles. The first-order valence-corrected chi connectivity index (χ1v) is 6.63. The molecule has 98 valence electrons. The minimum atomic E-state index is 0.152. The summed E-state index contributed by atoms with van der Waals surface area (Å²) >= 11 is 0. The van der Waals surface area contributed by atoms with E-state index in [1.807, 2.05) is 12.1 Å². The molecule has 0 heterocycles. The van der Waals surface area contributed by atoms with Gasteiger partial charge in [0.1, 0.15) is 0 Å². The van der Waals surface area contributed by atoms with Crippen LogP contribution in [0.2, 0.25) is 0 Å². The Morgan fingerprint density at radius 3 is 2.44 bits per heavy atom. The van der Waals surface area contributed by atoms with E-state index in [1.165, 1.54) is 5.56 Å². The number of anilines is 1. The molecule has 3 heteroatoms. The lowest BCUT2D eigenvalue weighted by atomic mass is 10.1. The maximum atomic E-state index is 11.9. The van der Waals surface area contributed by atoms with E-state index >= 15 is 0 Å². The highest BCUT2D eigenvalue weighted by atomic mass is 16.2. The van der Waals surface area contributed by atoms with Crippen LogP contribution in [0.25, 0.3) is 0 Å². The minimum absolute atomic E-state index is 0.152. The number of benzene rings is 1. The lowest BCUT2D eigenvalue weighted by Crippen LogP contribution is -2.16. The van der Waals surface area contributed by atoms with Gasteiger partial charge in [-0.3, -0.25) is 4.79 Å². The van der Waals surface area contributed by atoms with Gasteiger partial charge in [-0.05, 0) is 36.1 Å². The molecule has 0 radical (unpaired) electrons. The van der Waals surface area contributed by atoms with Crippen LogP contribution in [0.1, 0.15) is 32.8 Å². The van der Waals surface area contributed by atoms with Gasteiger partial charge in [0.25, 0.3) is 0 Å². The molecule has 1 aromatic rings. The number of hydrogen-bond acceptors (Lipinski definition) is 2. The fourth-order valence-corrected chi connectivity index (χ4v) is 2.12. The van der Waals surface area contributed by atoms with Gasteiger partial charge >= 0.3 is 0 Å². The maximum absolute atomic E-state index is 11.9. The van der Waals surface area contributed by atoms with Gasteiger partial charge < -0.3 is 10.6 Å². The van der Waals surface area contributed by atoms with Crippen LogP contribution in [0.15, 0.2) is 24.3 Å². The number of carbonyl (C=O) groups excluding carboxylic acids is 1. The number of hydrogen-bond donors (Lipinski definition) is 2. The van der Waals surface area contributed by atoms with Crippen molar-refractivity contribution in [2.45, 2.75) is 33.7 Å². The number of nitrogens with one attached hydrogen (secondary N) is 2. The molecule has 1 aliphatic carbocycles. The highest BCUT2D eigenvalue weighted by Gasteiger charge is 2.50. The molecule has 2 rings (SSSR count). The first-order chi connectivity index (χ1) is 8.53. The molecule has 1 saturated carbocycles. The second-order valence-corrected chi connectivity index (χ2v) is 5.71. The molecule has 0 bridgehead atoms. The summed E-state index contributed by atoms with van der Waals surface area (Å²) in [5, 5.41) is 6.26. The number of carbonyl (C=O) groups is 1. The zero-order chi connectivity index (χ0) is 13.2. The van der Waals surface area contributed by atoms with Crippen molar-refractivity contribution in [3.8, 4) is 0 Å². The van der Waals surface area contributed by atoms with Gasteiger partial charge in [0.05, 0.1) is 0 Å². The first kappa shape index (κ1) is 13.1. The third-order valence-electron chi connectivity index (χ3n) is 3.63. The average Bonchev–Trinajstić information content (AvgIpc) is 2.98. The molecule has 1 atom stereocenters. The summed E-state index contributed by atoms with van der Waals surface area (Å²) in [6.07, 6.45) is 0.997. The van der Waals surface area contributed by atoms with E-state index in [2.05, 4.69) is 43.5 Å². The summed E-state index contributed by atoms with van der Waals surface area (Å²) in [4.78, 5) is 11.9. The summed E-state index contributed by atoms with van der Waals surface area (Å²) in [5.74, 6) is 0.332. The molecule has 1 unspecified atom stereocenters. The van der Waals surface area contributed by atoms with Gasteiger partial charge in [0, 0.05) is 18.2 Å². The first-order valence-electron chi connectivity index (χ1n) is 6.63. The molecule has 1 aliphatic rings. The summed E-state index contributed by atoms with van der Waals surface area (Å²) in [6.45, 7) is 8.20. The molecule has 0 saturated heterocycles. The van der Waals surface area contributed by atoms with Crippen LogP contribution in [0, 0.1) is 11.3 Å². The van der Waals surface area contributed by atoms with Gasteiger partial charge in [-0.15, -0.1) is 0 Å². The largest absolute Gasteiger partial charge is 0.326 e. The zero-order valence-electron chi connectivity index (χ0n) is 11.4. The van der Waals surface area contributed by atoms with Crippen LogP contribution in [-0.2, 0) is 11.3 Å². The van der Waals surface area contributed by atoms with Crippen molar-refractivity contribution in [3.05, 3.63) is 29.8 Å². The van der Waals surface area contributed by atoms with E-state index in [1.54, 1.807) is 0 Å². The van der Waals surface area contributed by atoms with Gasteiger partial charge in [-0.2, -0.15) is 0 Å². The summed E-state index contributed by atoms with van der Waals surface area (Å²) < 4.78 is 0. The Bertz CT molecular complexity index is 423. The van der Waals surface area contributed by atoms with Crippen LogP contribution >= 0.6 is 0 Å². The Morgan fingerprint density at radius 2 is 1.94 bits per heavy atom. The topological polar surface area (TPSA) is 41.1 Å². The third-order valence-corrected chi connectivity index (χ3v) is 3.63. The van der Waals surface area contributed by atoms with Crippen LogP contribution in [-0.4, -0.2) is 12.5 Å². The van der Waals surface area contributed by atoms with Crippen LogP contribution in [0.3, 0.4) is 0 Å². The fourth-order valence-electron chi connectivity index (χ4n) is 2.12. The lowest BCUT2D eigenvalue weighted by Gasteiger charge is -2.08. The Hall–Kier alpha value is -1.35. The van der Waals surface area contributed by atoms with Crippen molar-refractivity contribution >= 4 is 11.6 Å². The minimum Gasteiger partial charge on any atom is -0.326 e. The molecule has 2 N–H and O–H groups in total. The van der Waals surface area contributed by atoms with Crippen molar-refractivity contribution in [2.75, 3.05) is 11.9 Å². The fraction of sp³-hybridized carbons (Fsp3) is 0.533. The normalized spacial score (nSPS) is 20.5. The summed E-state index contributed by atoms with van der Waals surface area (Å²) in [7, 11) is 0. The molecule has 1 aromatic carbocycles. The Labute approximate surface area is 109 Å². The van der Waals surface area contributed by atoms with Crippen molar-refractivity contribution in [2.24, 2.45) is 11.3 Å². The molecule has 18 heavy (non-hydrogen) atoms. The second kappa shape index (κ2) is 5.11. The molecule has 3 nitrogen and oxygen atoms in total. The molecule has 0 spiro atoms. The van der Waals surface area contributed by atoms with E-state index < -0.39 is 0 Å². The van der Waals surface area contributed by atoms with Gasteiger partial charge in [-0.1, -0.05) is 32.9 Å². The van der Waals surface area contributed by atoms with E-state index in [0.29, 0.717) is 0 Å². The van der Waals surface area contributed by atoms with Gasteiger partial charge in [0.15, 0.2) is 0 Å². The van der Waals surface area contributed by atoms with E-state index in [-0.39, 0.29) is 17.2 Å². The van der Waals surface area contributed by atoms with Crippen molar-refractivity contribution in [1.29, 1.82) is 0 Å². The molecule has 1 amide bonds. The van der Waals surface area contributed by atoms with Crippen LogP contribution in [0.4, 0.5) is 5.69 Å². The second-order valence-electron chi connectivity index (χ2n) is 5.71. The van der Waals surface area contributed by atoms with E-state index in [9.17, 15) is 4.79 Å². The standard InChI is InChI=1S/C15H22N2O/c1-4-16-10-11-5-7-12(8-6-11)17-14(18)13-9-15(13,2)3/h5-8,13,16H,4,9-10H2,1-3H3,(H,17,18). The highest BCUT2D eigenvalue weighted by Crippen LogP contribution is 2.51. The zero-order valence-corrected chi connectivity index (χ0v) is 11.4. The molecule has 0 aliphatic heterocycles. The Balaban J connectivity index is 1.88. The van der Waals surface area contributed by atoms with Gasteiger partial charge in [-0.25, -0.2) is 0 Å². The smallest absolute Gasteiger partial charge is 0.228 e. The van der Waals surface area contributed by atoms with Gasteiger partial charge in [0.2, 0.25) is 5.91 Å². The third kappa shape index (κ3) is 3.10. The summed E-state index contributed by atoms with van der Waals surface area (Å²) in [6, 6.07) is 8.05. The predicted molar refractivity (Wildman–Crippen MR) is 74.3 cm³/mol. The summed E-state index contributed by atoms with van der Waals surface area (Å²) in [5.41, 5.74) is 2.32. The van der Waals surface area contributed by atoms with Crippen molar-refractivity contribution in [3.63, 3.8) is 0 Å². The lowest BCUT2D eigenvalue weighted by molar-refractivity contribution is -0.117. The highest BCUT2D eigenvalue weighted by molar-refractivity contribution is 5.94. The average molecular weight is 246 g/mol. The Kier molecular flexibility index (Phi) is 3.71. The van der Waals surface area contributed by atoms with E-state index in [4.69, 9.17) is 0 Å². The quantitative estimate of drug-likeness (QED) is 0.838. The Morgan fingerprint density at radius 1 is 1.33 bits per heavy atom. The molecular formula is C15H22N2O. The number of amides is 1. The molecular weight excluding hydrogens is 224 g/mol. The van der Waals surface area contributed by atoms with Crippen molar-refractivity contribution < 1.29 is 4.79 Å². The van der Waals surface area contributed by atoms with E-state index in [0.717, 1.165) is 25.2 Å². The van der Waals surface area contributed by atoms with Crippen molar-refractivity contribution in [1.82, 2.24) is 5.32 Å². The maximum Gasteiger partial charge on any atom is 0.228 e. The number of rotatable bonds is 5.